The predicted molar refractivity (Wildman–Crippen MR) is 73.8 cm³/mol. The third kappa shape index (κ3) is 3.48. The molecule has 0 aliphatic carbocycles. The molecule has 0 aliphatic heterocycles. The summed E-state index contributed by atoms with van der Waals surface area (Å²) in [7, 11) is 3.53. The molecule has 0 atom stereocenters. The van der Waals surface area contributed by atoms with E-state index in [1.165, 1.54) is 0 Å². The van der Waals surface area contributed by atoms with Crippen molar-refractivity contribution >= 4 is 0 Å². The normalized spacial score (nSPS) is 10.6. The number of methoxy groups -OCH3 is 1. The number of rotatable bonds is 7. The van der Waals surface area contributed by atoms with Crippen molar-refractivity contribution in [2.45, 2.75) is 26.5 Å². The lowest BCUT2D eigenvalue weighted by molar-refractivity contribution is 0.256. The molecule has 6 nitrogen and oxygen atoms in total. The molecular formula is C14H19N3O3. The first-order chi connectivity index (χ1) is 9.76. The maximum absolute atomic E-state index is 5.74. The van der Waals surface area contributed by atoms with Crippen molar-refractivity contribution in [2.75, 3.05) is 14.2 Å². The first kappa shape index (κ1) is 14.3. The molecule has 0 saturated carbocycles. The molecular weight excluding hydrogens is 258 g/mol. The molecule has 0 aliphatic rings. The van der Waals surface area contributed by atoms with Gasteiger partial charge in [-0.15, -0.1) is 10.2 Å². The summed E-state index contributed by atoms with van der Waals surface area (Å²) in [5.74, 6) is 2.67. The second-order valence-electron chi connectivity index (χ2n) is 4.24. The summed E-state index contributed by atoms with van der Waals surface area (Å²) >= 11 is 0. The summed E-state index contributed by atoms with van der Waals surface area (Å²) in [5.41, 5.74) is 1.02. The minimum atomic E-state index is 0.260. The standard InChI is InChI=1S/C14H19N3O3/c1-4-13-16-17-14(20-13)9-19-12-6-5-11(18-3)7-10(12)8-15-2/h5-7,15H,4,8-9H2,1-3H3. The second-order valence-corrected chi connectivity index (χ2v) is 4.24. The summed E-state index contributed by atoms with van der Waals surface area (Å²) < 4.78 is 16.4. The molecule has 6 heteroatoms. The molecule has 0 saturated heterocycles. The van der Waals surface area contributed by atoms with Crippen molar-refractivity contribution < 1.29 is 13.9 Å². The molecule has 0 amide bonds. The minimum Gasteiger partial charge on any atom is -0.497 e. The number of aryl methyl sites for hydroxylation is 1. The lowest BCUT2D eigenvalue weighted by atomic mass is 10.2. The van der Waals surface area contributed by atoms with Crippen molar-refractivity contribution in [3.63, 3.8) is 0 Å². The molecule has 2 aromatic rings. The monoisotopic (exact) mass is 277 g/mol. The van der Waals surface area contributed by atoms with E-state index in [2.05, 4.69) is 15.5 Å². The SMILES string of the molecule is CCc1nnc(COc2ccc(OC)cc2CNC)o1. The molecule has 1 aromatic heterocycles. The number of aromatic nitrogens is 2. The summed E-state index contributed by atoms with van der Waals surface area (Å²) in [6.07, 6.45) is 0.723. The van der Waals surface area contributed by atoms with E-state index in [4.69, 9.17) is 13.9 Å². The van der Waals surface area contributed by atoms with Gasteiger partial charge in [-0.3, -0.25) is 0 Å². The Morgan fingerprint density at radius 3 is 2.70 bits per heavy atom. The maximum Gasteiger partial charge on any atom is 0.253 e. The smallest absolute Gasteiger partial charge is 0.253 e. The lowest BCUT2D eigenvalue weighted by Crippen LogP contribution is -2.08. The summed E-state index contributed by atoms with van der Waals surface area (Å²) in [5, 5.41) is 10.9. The van der Waals surface area contributed by atoms with E-state index in [9.17, 15) is 0 Å². The number of hydrogen-bond acceptors (Lipinski definition) is 6. The minimum absolute atomic E-state index is 0.260. The Hall–Kier alpha value is -2.08. The van der Waals surface area contributed by atoms with E-state index >= 15 is 0 Å². The van der Waals surface area contributed by atoms with Gasteiger partial charge in [-0.1, -0.05) is 6.92 Å². The van der Waals surface area contributed by atoms with Crippen LogP contribution in [0.4, 0.5) is 0 Å². The van der Waals surface area contributed by atoms with Gasteiger partial charge in [0.1, 0.15) is 11.5 Å². The largest absolute Gasteiger partial charge is 0.497 e. The van der Waals surface area contributed by atoms with Crippen molar-refractivity contribution in [1.82, 2.24) is 15.5 Å². The van der Waals surface area contributed by atoms with E-state index in [-0.39, 0.29) is 6.61 Å². The van der Waals surface area contributed by atoms with E-state index in [0.29, 0.717) is 18.3 Å². The molecule has 2 rings (SSSR count). The van der Waals surface area contributed by atoms with Gasteiger partial charge in [0.15, 0.2) is 6.61 Å². The molecule has 108 valence electrons. The summed E-state index contributed by atoms with van der Waals surface area (Å²) in [4.78, 5) is 0. The number of nitrogens with one attached hydrogen (secondary N) is 1. The van der Waals surface area contributed by atoms with E-state index in [0.717, 1.165) is 23.5 Å². The van der Waals surface area contributed by atoms with Gasteiger partial charge >= 0.3 is 0 Å². The highest BCUT2D eigenvalue weighted by atomic mass is 16.5. The van der Waals surface area contributed by atoms with Crippen LogP contribution in [-0.4, -0.2) is 24.4 Å². The molecule has 1 aromatic carbocycles. The zero-order chi connectivity index (χ0) is 14.4. The topological polar surface area (TPSA) is 69.4 Å². The van der Waals surface area contributed by atoms with Crippen LogP contribution in [0.2, 0.25) is 0 Å². The fourth-order valence-electron chi connectivity index (χ4n) is 1.78. The molecule has 1 heterocycles. The Kier molecular flexibility index (Phi) is 4.95. The third-order valence-corrected chi connectivity index (χ3v) is 2.80. The molecule has 20 heavy (non-hydrogen) atoms. The van der Waals surface area contributed by atoms with Crippen LogP contribution >= 0.6 is 0 Å². The van der Waals surface area contributed by atoms with Crippen LogP contribution in [-0.2, 0) is 19.6 Å². The van der Waals surface area contributed by atoms with Crippen molar-refractivity contribution in [3.8, 4) is 11.5 Å². The van der Waals surface area contributed by atoms with Crippen molar-refractivity contribution in [3.05, 3.63) is 35.5 Å². The Bertz CT molecular complexity index is 554. The Balaban J connectivity index is 2.07. The van der Waals surface area contributed by atoms with Crippen LogP contribution in [0.25, 0.3) is 0 Å². The van der Waals surface area contributed by atoms with Crippen LogP contribution in [0.5, 0.6) is 11.5 Å². The molecule has 0 unspecified atom stereocenters. The van der Waals surface area contributed by atoms with Gasteiger partial charge < -0.3 is 19.2 Å². The van der Waals surface area contributed by atoms with Crippen LogP contribution in [0, 0.1) is 0 Å². The van der Waals surface area contributed by atoms with Crippen LogP contribution in [0.3, 0.4) is 0 Å². The zero-order valence-corrected chi connectivity index (χ0v) is 12.0. The average molecular weight is 277 g/mol. The third-order valence-electron chi connectivity index (χ3n) is 2.80. The number of nitrogens with zero attached hydrogens (tertiary/aromatic N) is 2. The fourth-order valence-corrected chi connectivity index (χ4v) is 1.78. The molecule has 0 spiro atoms. The van der Waals surface area contributed by atoms with Gasteiger partial charge in [0.05, 0.1) is 7.11 Å². The van der Waals surface area contributed by atoms with Gasteiger partial charge in [0, 0.05) is 18.5 Å². The lowest BCUT2D eigenvalue weighted by Gasteiger charge is -2.11. The number of hydrogen-bond donors (Lipinski definition) is 1. The highest BCUT2D eigenvalue weighted by molar-refractivity contribution is 5.40. The fraction of sp³-hybridized carbons (Fsp3) is 0.429. The van der Waals surface area contributed by atoms with Crippen molar-refractivity contribution in [2.24, 2.45) is 0 Å². The van der Waals surface area contributed by atoms with Crippen LogP contribution < -0.4 is 14.8 Å². The van der Waals surface area contributed by atoms with Gasteiger partial charge in [-0.25, -0.2) is 0 Å². The zero-order valence-electron chi connectivity index (χ0n) is 12.0. The average Bonchev–Trinajstić information content (AvgIpc) is 2.94. The second kappa shape index (κ2) is 6.91. The van der Waals surface area contributed by atoms with Gasteiger partial charge in [0.25, 0.3) is 5.89 Å². The van der Waals surface area contributed by atoms with E-state index in [1.54, 1.807) is 7.11 Å². The van der Waals surface area contributed by atoms with Gasteiger partial charge in [0.2, 0.25) is 5.89 Å². The maximum atomic E-state index is 5.74. The molecule has 0 bridgehead atoms. The molecule has 0 radical (unpaired) electrons. The number of ether oxygens (including phenoxy) is 2. The van der Waals surface area contributed by atoms with Crippen LogP contribution in [0.1, 0.15) is 24.3 Å². The van der Waals surface area contributed by atoms with E-state index < -0.39 is 0 Å². The van der Waals surface area contributed by atoms with Gasteiger partial charge in [-0.2, -0.15) is 0 Å². The first-order valence-corrected chi connectivity index (χ1v) is 6.52. The molecule has 1 N–H and O–H groups in total. The van der Waals surface area contributed by atoms with Crippen molar-refractivity contribution in [1.29, 1.82) is 0 Å². The molecule has 0 fully saturated rings. The highest BCUT2D eigenvalue weighted by Crippen LogP contribution is 2.24. The Morgan fingerprint density at radius 1 is 1.25 bits per heavy atom. The quantitative estimate of drug-likeness (QED) is 0.834. The summed E-state index contributed by atoms with van der Waals surface area (Å²) in [6.45, 7) is 2.92. The Morgan fingerprint density at radius 2 is 2.05 bits per heavy atom. The number of benzene rings is 1. The first-order valence-electron chi connectivity index (χ1n) is 6.52. The Labute approximate surface area is 118 Å². The van der Waals surface area contributed by atoms with E-state index in [1.807, 2.05) is 32.2 Å². The highest BCUT2D eigenvalue weighted by Gasteiger charge is 2.09. The van der Waals surface area contributed by atoms with Gasteiger partial charge in [-0.05, 0) is 25.2 Å². The summed E-state index contributed by atoms with van der Waals surface area (Å²) in [6, 6.07) is 5.68. The van der Waals surface area contributed by atoms with Crippen LogP contribution in [0.15, 0.2) is 22.6 Å². The predicted octanol–water partition coefficient (Wildman–Crippen LogP) is 1.94.